The number of benzene rings is 1. The smallest absolute Gasteiger partial charge is 0.135 e. The molecule has 0 aliphatic rings. The van der Waals surface area contributed by atoms with E-state index < -0.39 is 0 Å². The first-order valence-electron chi connectivity index (χ1n) is 6.49. The van der Waals surface area contributed by atoms with Crippen molar-refractivity contribution in [1.29, 1.82) is 0 Å². The van der Waals surface area contributed by atoms with E-state index in [1.807, 2.05) is 31.2 Å². The Balaban J connectivity index is 1.93. The highest BCUT2D eigenvalue weighted by molar-refractivity contribution is 6.30. The van der Waals surface area contributed by atoms with Crippen molar-refractivity contribution in [1.82, 2.24) is 19.7 Å². The van der Waals surface area contributed by atoms with Crippen LogP contribution in [0.25, 0.3) is 11.4 Å². The predicted octanol–water partition coefficient (Wildman–Crippen LogP) is 2.93. The van der Waals surface area contributed by atoms with Crippen molar-refractivity contribution in [3.05, 3.63) is 59.1 Å². The molecule has 0 aliphatic heterocycles. The third-order valence-corrected chi connectivity index (χ3v) is 3.36. The average molecular weight is 300 g/mol. The molecule has 0 aliphatic carbocycles. The number of hydrogen-bond donors (Lipinski definition) is 1. The molecule has 0 unspecified atom stereocenters. The second-order valence-electron chi connectivity index (χ2n) is 4.75. The number of halogens is 1. The van der Waals surface area contributed by atoms with Crippen LogP contribution in [0.5, 0.6) is 0 Å². The zero-order valence-electron chi connectivity index (χ0n) is 11.5. The van der Waals surface area contributed by atoms with Crippen molar-refractivity contribution in [3.8, 4) is 11.4 Å². The van der Waals surface area contributed by atoms with E-state index in [4.69, 9.17) is 17.3 Å². The normalized spacial score (nSPS) is 10.8. The van der Waals surface area contributed by atoms with Crippen LogP contribution in [-0.4, -0.2) is 19.7 Å². The third kappa shape index (κ3) is 2.87. The zero-order chi connectivity index (χ0) is 14.8. The Hall–Kier alpha value is -2.40. The Bertz CT molecular complexity index is 781. The predicted molar refractivity (Wildman–Crippen MR) is 83.0 cm³/mol. The molecule has 0 saturated heterocycles. The molecule has 0 fully saturated rings. The van der Waals surface area contributed by atoms with Gasteiger partial charge in [0, 0.05) is 23.6 Å². The van der Waals surface area contributed by atoms with Gasteiger partial charge in [-0.1, -0.05) is 23.7 Å². The second kappa shape index (κ2) is 5.54. The van der Waals surface area contributed by atoms with Gasteiger partial charge in [-0.15, -0.1) is 0 Å². The highest BCUT2D eigenvalue weighted by Crippen LogP contribution is 2.24. The summed E-state index contributed by atoms with van der Waals surface area (Å²) >= 11 is 5.99. The SMILES string of the molecule is Cc1nccnc1-c1nn(Cc2cccc(Cl)c2)cc1N. The number of nitrogens with zero attached hydrogens (tertiary/aromatic N) is 4. The van der Waals surface area contributed by atoms with Crippen molar-refractivity contribution >= 4 is 17.3 Å². The summed E-state index contributed by atoms with van der Waals surface area (Å²) in [6.45, 7) is 2.49. The number of anilines is 1. The number of nitrogen functional groups attached to an aromatic ring is 1. The van der Waals surface area contributed by atoms with Gasteiger partial charge in [0.25, 0.3) is 0 Å². The van der Waals surface area contributed by atoms with E-state index in [1.54, 1.807) is 23.3 Å². The van der Waals surface area contributed by atoms with Crippen LogP contribution in [0, 0.1) is 6.92 Å². The molecule has 21 heavy (non-hydrogen) atoms. The summed E-state index contributed by atoms with van der Waals surface area (Å²) in [6, 6.07) is 7.67. The van der Waals surface area contributed by atoms with Gasteiger partial charge in [0.05, 0.1) is 17.9 Å². The number of rotatable bonds is 3. The van der Waals surface area contributed by atoms with Crippen LogP contribution in [0.1, 0.15) is 11.3 Å². The van der Waals surface area contributed by atoms with Crippen molar-refractivity contribution in [2.75, 3.05) is 5.73 Å². The Labute approximate surface area is 127 Å². The Kier molecular flexibility index (Phi) is 3.58. The molecule has 3 rings (SSSR count). The maximum absolute atomic E-state index is 6.05. The topological polar surface area (TPSA) is 69.6 Å². The van der Waals surface area contributed by atoms with Crippen LogP contribution in [0.2, 0.25) is 5.02 Å². The Morgan fingerprint density at radius 2 is 2.00 bits per heavy atom. The van der Waals surface area contributed by atoms with Crippen LogP contribution >= 0.6 is 11.6 Å². The van der Waals surface area contributed by atoms with E-state index in [9.17, 15) is 0 Å². The van der Waals surface area contributed by atoms with Crippen LogP contribution in [0.3, 0.4) is 0 Å². The number of aryl methyl sites for hydroxylation is 1. The largest absolute Gasteiger partial charge is 0.396 e. The molecule has 0 radical (unpaired) electrons. The van der Waals surface area contributed by atoms with Gasteiger partial charge >= 0.3 is 0 Å². The van der Waals surface area contributed by atoms with E-state index in [0.29, 0.717) is 28.6 Å². The molecular formula is C15H14ClN5. The van der Waals surface area contributed by atoms with E-state index >= 15 is 0 Å². The van der Waals surface area contributed by atoms with Gasteiger partial charge in [-0.3, -0.25) is 14.6 Å². The molecule has 106 valence electrons. The summed E-state index contributed by atoms with van der Waals surface area (Å²) in [7, 11) is 0. The quantitative estimate of drug-likeness (QED) is 0.807. The highest BCUT2D eigenvalue weighted by atomic mass is 35.5. The number of aromatic nitrogens is 4. The minimum atomic E-state index is 0.584. The minimum absolute atomic E-state index is 0.584. The Morgan fingerprint density at radius 1 is 1.19 bits per heavy atom. The average Bonchev–Trinajstić information content (AvgIpc) is 2.80. The summed E-state index contributed by atoms with van der Waals surface area (Å²) in [4.78, 5) is 8.52. The van der Waals surface area contributed by atoms with Crippen molar-refractivity contribution in [3.63, 3.8) is 0 Å². The lowest BCUT2D eigenvalue weighted by atomic mass is 10.2. The second-order valence-corrected chi connectivity index (χ2v) is 5.19. The van der Waals surface area contributed by atoms with Crippen molar-refractivity contribution < 1.29 is 0 Å². The molecule has 0 bridgehead atoms. The molecule has 0 amide bonds. The van der Waals surface area contributed by atoms with Gasteiger partial charge < -0.3 is 5.73 Å². The Morgan fingerprint density at radius 3 is 2.76 bits per heavy atom. The van der Waals surface area contributed by atoms with Gasteiger partial charge in [-0.25, -0.2) is 0 Å². The molecule has 0 saturated carbocycles. The van der Waals surface area contributed by atoms with Crippen molar-refractivity contribution in [2.24, 2.45) is 0 Å². The molecule has 3 aromatic rings. The summed E-state index contributed by atoms with van der Waals surface area (Å²) in [5, 5.41) is 5.22. The zero-order valence-corrected chi connectivity index (χ0v) is 12.2. The van der Waals surface area contributed by atoms with Crippen LogP contribution in [0.15, 0.2) is 42.9 Å². The van der Waals surface area contributed by atoms with E-state index in [1.165, 1.54) is 0 Å². The molecular weight excluding hydrogens is 286 g/mol. The van der Waals surface area contributed by atoms with Gasteiger partial charge in [0.1, 0.15) is 11.4 Å². The molecule has 1 aromatic carbocycles. The van der Waals surface area contributed by atoms with E-state index in [-0.39, 0.29) is 0 Å². The first-order chi connectivity index (χ1) is 10.1. The highest BCUT2D eigenvalue weighted by Gasteiger charge is 2.13. The lowest BCUT2D eigenvalue weighted by Crippen LogP contribution is -2.01. The van der Waals surface area contributed by atoms with E-state index in [2.05, 4.69) is 15.1 Å². The first-order valence-corrected chi connectivity index (χ1v) is 6.86. The molecule has 6 heteroatoms. The molecule has 2 heterocycles. The summed E-state index contributed by atoms with van der Waals surface area (Å²) < 4.78 is 1.78. The number of hydrogen-bond acceptors (Lipinski definition) is 4. The monoisotopic (exact) mass is 299 g/mol. The standard InChI is InChI=1S/C15H14ClN5/c1-10-14(19-6-5-18-10)15-13(17)9-21(20-15)8-11-3-2-4-12(16)7-11/h2-7,9H,8,17H2,1H3. The molecule has 2 N–H and O–H groups in total. The van der Waals surface area contributed by atoms with Gasteiger partial charge in [-0.2, -0.15) is 5.10 Å². The first kappa shape index (κ1) is 13.6. The molecule has 5 nitrogen and oxygen atoms in total. The lowest BCUT2D eigenvalue weighted by Gasteiger charge is -2.03. The third-order valence-electron chi connectivity index (χ3n) is 3.13. The molecule has 0 atom stereocenters. The van der Waals surface area contributed by atoms with Gasteiger partial charge in [0.15, 0.2) is 0 Å². The number of nitrogens with two attached hydrogens (primary N) is 1. The fourth-order valence-electron chi connectivity index (χ4n) is 2.16. The molecule has 0 spiro atoms. The van der Waals surface area contributed by atoms with Crippen LogP contribution in [0.4, 0.5) is 5.69 Å². The van der Waals surface area contributed by atoms with Crippen LogP contribution in [-0.2, 0) is 6.54 Å². The summed E-state index contributed by atoms with van der Waals surface area (Å²) in [6.07, 6.45) is 5.08. The van der Waals surface area contributed by atoms with Gasteiger partial charge in [0.2, 0.25) is 0 Å². The maximum Gasteiger partial charge on any atom is 0.135 e. The minimum Gasteiger partial charge on any atom is -0.396 e. The van der Waals surface area contributed by atoms with Crippen LogP contribution < -0.4 is 5.73 Å². The van der Waals surface area contributed by atoms with E-state index in [0.717, 1.165) is 11.3 Å². The fraction of sp³-hybridized carbons (Fsp3) is 0.133. The lowest BCUT2D eigenvalue weighted by molar-refractivity contribution is 0.689. The fourth-order valence-corrected chi connectivity index (χ4v) is 2.38. The summed E-state index contributed by atoms with van der Waals surface area (Å²) in [5.74, 6) is 0. The summed E-state index contributed by atoms with van der Waals surface area (Å²) in [5.41, 5.74) is 9.86. The van der Waals surface area contributed by atoms with Gasteiger partial charge in [-0.05, 0) is 24.6 Å². The maximum atomic E-state index is 6.05. The van der Waals surface area contributed by atoms with Crippen molar-refractivity contribution in [2.45, 2.75) is 13.5 Å². The molecule has 2 aromatic heterocycles.